The molecule has 0 spiro atoms. The van der Waals surface area contributed by atoms with Crippen LogP contribution in [0.1, 0.15) is 32.0 Å². The molecule has 0 unspecified atom stereocenters. The molecule has 1 aliphatic rings. The van der Waals surface area contributed by atoms with Crippen LogP contribution in [-0.4, -0.2) is 35.1 Å². The Kier molecular flexibility index (Phi) is 5.78. The number of nitrogens with zero attached hydrogens (tertiary/aromatic N) is 3. The fourth-order valence-electron chi connectivity index (χ4n) is 3.60. The highest BCUT2D eigenvalue weighted by Crippen LogP contribution is 2.25. The average molecular weight is 491 g/mol. The molecular formula is C24H18N4O4S2. The lowest BCUT2D eigenvalue weighted by Gasteiger charge is -2.14. The van der Waals surface area contributed by atoms with E-state index in [9.17, 15) is 18.0 Å². The monoisotopic (exact) mass is 490 g/mol. The lowest BCUT2D eigenvalue weighted by molar-refractivity contribution is 0.0642. The summed E-state index contributed by atoms with van der Waals surface area (Å²) in [5.41, 5.74) is 2.88. The Morgan fingerprint density at radius 3 is 2.26 bits per heavy atom. The van der Waals surface area contributed by atoms with Crippen LogP contribution >= 0.6 is 11.3 Å². The molecule has 3 heterocycles. The van der Waals surface area contributed by atoms with Crippen molar-refractivity contribution in [2.45, 2.75) is 18.0 Å². The molecule has 0 fully saturated rings. The van der Waals surface area contributed by atoms with E-state index in [1.165, 1.54) is 23.5 Å². The summed E-state index contributed by atoms with van der Waals surface area (Å²) in [6.07, 6.45) is 3.38. The molecule has 4 aromatic rings. The van der Waals surface area contributed by atoms with Crippen molar-refractivity contribution in [3.8, 4) is 10.6 Å². The minimum Gasteiger partial charge on any atom is -0.270 e. The van der Waals surface area contributed by atoms with Crippen molar-refractivity contribution in [1.82, 2.24) is 19.6 Å². The summed E-state index contributed by atoms with van der Waals surface area (Å²) in [5, 5.41) is 2.57. The highest BCUT2D eigenvalue weighted by molar-refractivity contribution is 7.89. The second-order valence-electron chi connectivity index (χ2n) is 7.60. The molecule has 0 aliphatic carbocycles. The molecule has 170 valence electrons. The molecule has 1 aliphatic heterocycles. The third kappa shape index (κ3) is 4.26. The second-order valence-corrected chi connectivity index (χ2v) is 10.2. The maximum Gasteiger partial charge on any atom is 0.261 e. The zero-order valence-electron chi connectivity index (χ0n) is 17.7. The summed E-state index contributed by atoms with van der Waals surface area (Å²) in [7, 11) is -3.77. The van der Waals surface area contributed by atoms with E-state index < -0.39 is 10.0 Å². The van der Waals surface area contributed by atoms with E-state index in [0.29, 0.717) is 22.4 Å². The maximum absolute atomic E-state index is 12.7. The van der Waals surface area contributed by atoms with Gasteiger partial charge in [-0.2, -0.15) is 0 Å². The second kappa shape index (κ2) is 8.90. The molecule has 10 heteroatoms. The Morgan fingerprint density at radius 2 is 1.62 bits per heavy atom. The van der Waals surface area contributed by atoms with E-state index in [1.807, 2.05) is 12.1 Å². The smallest absolute Gasteiger partial charge is 0.261 e. The van der Waals surface area contributed by atoms with Gasteiger partial charge in [0.1, 0.15) is 5.01 Å². The minimum absolute atomic E-state index is 0.0515. The molecule has 0 saturated carbocycles. The van der Waals surface area contributed by atoms with Crippen molar-refractivity contribution in [1.29, 1.82) is 0 Å². The average Bonchev–Trinajstić information content (AvgIpc) is 3.43. The number of sulfonamides is 1. The first kappa shape index (κ1) is 22.1. The molecule has 1 N–H and O–H groups in total. The molecule has 2 aromatic heterocycles. The zero-order valence-corrected chi connectivity index (χ0v) is 19.3. The van der Waals surface area contributed by atoms with Gasteiger partial charge in [-0.05, 0) is 42.0 Å². The normalized spacial score (nSPS) is 13.4. The van der Waals surface area contributed by atoms with Crippen molar-refractivity contribution in [2.75, 3.05) is 0 Å². The maximum atomic E-state index is 12.7. The van der Waals surface area contributed by atoms with Gasteiger partial charge in [0.05, 0.1) is 34.8 Å². The Balaban J connectivity index is 1.24. The number of amides is 2. The number of hydrogen-bond donors (Lipinski definition) is 1. The van der Waals surface area contributed by atoms with Gasteiger partial charge in [0.15, 0.2) is 0 Å². The summed E-state index contributed by atoms with van der Waals surface area (Å²) in [4.78, 5) is 34.9. The first-order chi connectivity index (χ1) is 16.4. The van der Waals surface area contributed by atoms with Crippen molar-refractivity contribution >= 4 is 33.2 Å². The zero-order chi connectivity index (χ0) is 23.7. The minimum atomic E-state index is -3.77. The molecule has 0 saturated heterocycles. The van der Waals surface area contributed by atoms with Crippen LogP contribution in [0.2, 0.25) is 0 Å². The predicted molar refractivity (Wildman–Crippen MR) is 126 cm³/mol. The predicted octanol–water partition coefficient (Wildman–Crippen LogP) is 3.48. The van der Waals surface area contributed by atoms with Crippen molar-refractivity contribution < 1.29 is 18.0 Å². The van der Waals surface area contributed by atoms with Crippen LogP contribution in [0.5, 0.6) is 0 Å². The Hall–Kier alpha value is -3.73. The molecule has 0 radical (unpaired) electrons. The Bertz CT molecular complexity index is 1450. The number of fused-ring (bicyclic) bond motifs is 1. The lowest BCUT2D eigenvalue weighted by atomic mass is 10.1. The summed E-state index contributed by atoms with van der Waals surface area (Å²) < 4.78 is 28.0. The van der Waals surface area contributed by atoms with Gasteiger partial charge in [0.2, 0.25) is 10.0 Å². The number of thiazole rings is 1. The fraction of sp³-hybridized carbons (Fsp3) is 0.0833. The van der Waals surface area contributed by atoms with Crippen LogP contribution < -0.4 is 4.72 Å². The van der Waals surface area contributed by atoms with E-state index in [-0.39, 0.29) is 29.8 Å². The largest absolute Gasteiger partial charge is 0.270 e. The summed E-state index contributed by atoms with van der Waals surface area (Å²) in [5.74, 6) is -0.708. The van der Waals surface area contributed by atoms with E-state index in [1.54, 1.807) is 54.2 Å². The first-order valence-corrected chi connectivity index (χ1v) is 12.7. The topological polar surface area (TPSA) is 109 Å². The Morgan fingerprint density at radius 1 is 0.912 bits per heavy atom. The number of rotatable bonds is 7. The van der Waals surface area contributed by atoms with Crippen molar-refractivity contribution in [2.24, 2.45) is 0 Å². The summed E-state index contributed by atoms with van der Waals surface area (Å²) >= 11 is 1.42. The van der Waals surface area contributed by atoms with Crippen LogP contribution in [0, 0.1) is 0 Å². The first-order valence-electron chi connectivity index (χ1n) is 10.3. The number of imide groups is 1. The van der Waals surface area contributed by atoms with E-state index >= 15 is 0 Å². The van der Waals surface area contributed by atoms with Crippen LogP contribution in [-0.2, 0) is 23.1 Å². The third-order valence-corrected chi connectivity index (χ3v) is 7.71. The van der Waals surface area contributed by atoms with Gasteiger partial charge in [-0.1, -0.05) is 24.3 Å². The molecule has 34 heavy (non-hydrogen) atoms. The van der Waals surface area contributed by atoms with Gasteiger partial charge in [-0.25, -0.2) is 18.1 Å². The quantitative estimate of drug-likeness (QED) is 0.397. The van der Waals surface area contributed by atoms with Crippen LogP contribution in [0.15, 0.2) is 83.3 Å². The molecule has 2 aromatic carbocycles. The van der Waals surface area contributed by atoms with Crippen LogP contribution in [0.25, 0.3) is 10.6 Å². The summed E-state index contributed by atoms with van der Waals surface area (Å²) in [6.45, 7) is 0.117. The van der Waals surface area contributed by atoms with Crippen LogP contribution in [0.3, 0.4) is 0 Å². The number of carbonyl (C=O) groups excluding carboxylic acids is 2. The number of aromatic nitrogens is 2. The van der Waals surface area contributed by atoms with Gasteiger partial charge in [0, 0.05) is 23.3 Å². The number of carbonyl (C=O) groups is 2. The number of hydrogen-bond acceptors (Lipinski definition) is 7. The number of pyridine rings is 1. The SMILES string of the molecule is O=C1c2ccccc2C(=O)N1Cc1ccc(S(=O)(=O)NCc2csc(-c3cccnc3)n2)cc1. The lowest BCUT2D eigenvalue weighted by Crippen LogP contribution is -2.29. The number of nitrogens with one attached hydrogen (secondary N) is 1. The van der Waals surface area contributed by atoms with E-state index in [4.69, 9.17) is 0 Å². The van der Waals surface area contributed by atoms with Crippen LogP contribution in [0.4, 0.5) is 0 Å². The molecule has 8 nitrogen and oxygen atoms in total. The standard InChI is InChI=1S/C24H18N4O4S2/c29-23-20-5-1-2-6-21(20)24(30)28(23)14-16-7-9-19(10-8-16)34(31,32)26-13-18-15-33-22(27-18)17-4-3-11-25-12-17/h1-12,15,26H,13-14H2. The van der Waals surface area contributed by atoms with E-state index in [2.05, 4.69) is 14.7 Å². The third-order valence-electron chi connectivity index (χ3n) is 5.36. The number of benzene rings is 2. The highest BCUT2D eigenvalue weighted by Gasteiger charge is 2.34. The summed E-state index contributed by atoms with van der Waals surface area (Å²) in [6, 6.07) is 16.5. The van der Waals surface area contributed by atoms with Crippen molar-refractivity contribution in [3.05, 3.63) is 101 Å². The van der Waals surface area contributed by atoms with Gasteiger partial charge in [-0.15, -0.1) is 11.3 Å². The van der Waals surface area contributed by atoms with Crippen molar-refractivity contribution in [3.63, 3.8) is 0 Å². The fourth-order valence-corrected chi connectivity index (χ4v) is 5.41. The molecule has 5 rings (SSSR count). The van der Waals surface area contributed by atoms with Gasteiger partial charge >= 0.3 is 0 Å². The van der Waals surface area contributed by atoms with Gasteiger partial charge in [0.25, 0.3) is 11.8 Å². The van der Waals surface area contributed by atoms with Gasteiger partial charge in [-0.3, -0.25) is 19.5 Å². The van der Waals surface area contributed by atoms with Gasteiger partial charge < -0.3 is 0 Å². The molecule has 2 amide bonds. The Labute approximate surface area is 200 Å². The molecule has 0 bridgehead atoms. The highest BCUT2D eigenvalue weighted by atomic mass is 32.2. The molecule has 0 atom stereocenters. The van der Waals surface area contributed by atoms with E-state index in [0.717, 1.165) is 15.5 Å². The molecular weight excluding hydrogens is 472 g/mol.